The van der Waals surface area contributed by atoms with Gasteiger partial charge in [0.2, 0.25) is 0 Å². The number of hydrogen-bond donors (Lipinski definition) is 1. The molecule has 0 saturated heterocycles. The number of rotatable bonds is 4. The van der Waals surface area contributed by atoms with E-state index in [1.807, 2.05) is 0 Å². The number of aromatic nitrogens is 2. The minimum atomic E-state index is -0.00316. The molecule has 3 rings (SSSR count). The summed E-state index contributed by atoms with van der Waals surface area (Å²) in [6.45, 7) is 7.64. The lowest BCUT2D eigenvalue weighted by molar-refractivity contribution is 0.356. The summed E-state index contributed by atoms with van der Waals surface area (Å²) in [7, 11) is 0. The maximum absolute atomic E-state index is 4.85. The van der Waals surface area contributed by atoms with Gasteiger partial charge in [-0.2, -0.15) is 5.10 Å². The minimum Gasteiger partial charge on any atom is -0.382 e. The average molecular weight is 297 g/mol. The molecular formula is C19H27N3. The molecule has 22 heavy (non-hydrogen) atoms. The fourth-order valence-electron chi connectivity index (χ4n) is 3.12. The molecule has 1 aromatic heterocycles. The highest BCUT2D eigenvalue weighted by Crippen LogP contribution is 2.31. The molecule has 1 aromatic carbocycles. The zero-order valence-corrected chi connectivity index (χ0v) is 14.0. The van der Waals surface area contributed by atoms with Crippen LogP contribution in [0, 0.1) is 5.92 Å². The van der Waals surface area contributed by atoms with E-state index in [2.05, 4.69) is 67.3 Å². The van der Waals surface area contributed by atoms with Gasteiger partial charge in [-0.25, -0.2) is 0 Å². The highest BCUT2D eigenvalue weighted by Gasteiger charge is 2.20. The van der Waals surface area contributed by atoms with Crippen LogP contribution in [0.5, 0.6) is 0 Å². The van der Waals surface area contributed by atoms with Crippen molar-refractivity contribution in [1.82, 2.24) is 9.78 Å². The number of nitrogens with zero attached hydrogens (tertiary/aromatic N) is 2. The molecule has 1 N–H and O–H groups in total. The maximum Gasteiger partial charge on any atom is 0.115 e. The van der Waals surface area contributed by atoms with Crippen molar-refractivity contribution in [3.8, 4) is 11.3 Å². The summed E-state index contributed by atoms with van der Waals surface area (Å²) < 4.78 is 2.08. The number of benzene rings is 1. The standard InChI is InChI=1S/C19H27N3/c1-19(2,3)22-14-17(20-13-15-9-7-8-10-15)18(21-22)16-11-5-4-6-12-16/h4-6,11-12,14-15,20H,7-10,13H2,1-3H3. The molecule has 3 heteroatoms. The summed E-state index contributed by atoms with van der Waals surface area (Å²) in [6.07, 6.45) is 7.66. The molecular weight excluding hydrogens is 270 g/mol. The van der Waals surface area contributed by atoms with Crippen LogP contribution < -0.4 is 5.32 Å². The lowest BCUT2D eigenvalue weighted by Gasteiger charge is -2.18. The molecule has 0 bridgehead atoms. The Balaban J connectivity index is 1.87. The van der Waals surface area contributed by atoms with Crippen LogP contribution >= 0.6 is 0 Å². The van der Waals surface area contributed by atoms with E-state index in [0.717, 1.165) is 23.8 Å². The topological polar surface area (TPSA) is 29.9 Å². The van der Waals surface area contributed by atoms with Gasteiger partial charge in [0.15, 0.2) is 0 Å². The van der Waals surface area contributed by atoms with Gasteiger partial charge in [-0.1, -0.05) is 43.2 Å². The van der Waals surface area contributed by atoms with Crippen LogP contribution in [-0.4, -0.2) is 16.3 Å². The first kappa shape index (κ1) is 15.1. The second kappa shape index (κ2) is 6.15. The largest absolute Gasteiger partial charge is 0.382 e. The Morgan fingerprint density at radius 2 is 1.82 bits per heavy atom. The molecule has 0 atom stereocenters. The van der Waals surface area contributed by atoms with E-state index < -0.39 is 0 Å². The summed E-state index contributed by atoms with van der Waals surface area (Å²) in [6, 6.07) is 10.5. The van der Waals surface area contributed by atoms with Crippen LogP contribution in [-0.2, 0) is 5.54 Å². The Kier molecular flexibility index (Phi) is 4.23. The molecule has 1 heterocycles. The molecule has 1 aliphatic rings. The van der Waals surface area contributed by atoms with E-state index in [1.165, 1.54) is 31.2 Å². The third-order valence-electron chi connectivity index (χ3n) is 4.50. The van der Waals surface area contributed by atoms with Gasteiger partial charge >= 0.3 is 0 Å². The van der Waals surface area contributed by atoms with Crippen molar-refractivity contribution in [2.45, 2.75) is 52.0 Å². The van der Waals surface area contributed by atoms with E-state index >= 15 is 0 Å². The van der Waals surface area contributed by atoms with Gasteiger partial charge in [0, 0.05) is 18.3 Å². The fourth-order valence-corrected chi connectivity index (χ4v) is 3.12. The van der Waals surface area contributed by atoms with Gasteiger partial charge in [0.25, 0.3) is 0 Å². The van der Waals surface area contributed by atoms with Crippen molar-refractivity contribution in [3.63, 3.8) is 0 Å². The first-order valence-electron chi connectivity index (χ1n) is 8.43. The Morgan fingerprint density at radius 1 is 1.14 bits per heavy atom. The highest BCUT2D eigenvalue weighted by molar-refractivity contribution is 5.73. The third-order valence-corrected chi connectivity index (χ3v) is 4.50. The van der Waals surface area contributed by atoms with Gasteiger partial charge in [-0.05, 0) is 39.5 Å². The Morgan fingerprint density at radius 3 is 2.45 bits per heavy atom. The first-order valence-corrected chi connectivity index (χ1v) is 8.43. The van der Waals surface area contributed by atoms with Gasteiger partial charge in [0.1, 0.15) is 5.69 Å². The minimum absolute atomic E-state index is 0.00316. The Labute approximate surface area is 133 Å². The van der Waals surface area contributed by atoms with Crippen LogP contribution in [0.2, 0.25) is 0 Å². The molecule has 0 aliphatic heterocycles. The molecule has 0 radical (unpaired) electrons. The molecule has 0 unspecified atom stereocenters. The number of anilines is 1. The van der Waals surface area contributed by atoms with Crippen LogP contribution in [0.15, 0.2) is 36.5 Å². The quantitative estimate of drug-likeness (QED) is 0.869. The fraction of sp³-hybridized carbons (Fsp3) is 0.526. The Bertz CT molecular complexity index is 601. The molecule has 1 aliphatic carbocycles. The maximum atomic E-state index is 4.85. The lowest BCUT2D eigenvalue weighted by atomic mass is 10.1. The molecule has 3 nitrogen and oxygen atoms in total. The van der Waals surface area contributed by atoms with Crippen molar-refractivity contribution in [1.29, 1.82) is 0 Å². The Hall–Kier alpha value is -1.77. The van der Waals surface area contributed by atoms with Crippen molar-refractivity contribution >= 4 is 5.69 Å². The second-order valence-electron chi connectivity index (χ2n) is 7.40. The van der Waals surface area contributed by atoms with Gasteiger partial charge in [-0.3, -0.25) is 4.68 Å². The highest BCUT2D eigenvalue weighted by atomic mass is 15.3. The van der Waals surface area contributed by atoms with Gasteiger partial charge in [0.05, 0.1) is 11.2 Å². The van der Waals surface area contributed by atoms with Gasteiger partial charge < -0.3 is 5.32 Å². The summed E-state index contributed by atoms with van der Waals surface area (Å²) in [5.41, 5.74) is 3.40. The molecule has 1 fully saturated rings. The van der Waals surface area contributed by atoms with Crippen molar-refractivity contribution in [3.05, 3.63) is 36.5 Å². The van der Waals surface area contributed by atoms with E-state index in [-0.39, 0.29) is 5.54 Å². The SMILES string of the molecule is CC(C)(C)n1cc(NCC2CCCC2)c(-c2ccccc2)n1. The summed E-state index contributed by atoms with van der Waals surface area (Å²) in [5, 5.41) is 8.51. The van der Waals surface area contributed by atoms with E-state index in [1.54, 1.807) is 0 Å². The number of hydrogen-bond acceptors (Lipinski definition) is 2. The van der Waals surface area contributed by atoms with Crippen molar-refractivity contribution in [2.24, 2.45) is 5.92 Å². The third kappa shape index (κ3) is 3.34. The zero-order chi connectivity index (χ0) is 15.6. The van der Waals surface area contributed by atoms with E-state index in [0.29, 0.717) is 0 Å². The van der Waals surface area contributed by atoms with Crippen LogP contribution in [0.1, 0.15) is 46.5 Å². The van der Waals surface area contributed by atoms with Gasteiger partial charge in [-0.15, -0.1) is 0 Å². The molecule has 2 aromatic rings. The lowest BCUT2D eigenvalue weighted by Crippen LogP contribution is -2.22. The monoisotopic (exact) mass is 297 g/mol. The molecule has 1 saturated carbocycles. The molecule has 0 amide bonds. The second-order valence-corrected chi connectivity index (χ2v) is 7.40. The first-order chi connectivity index (χ1) is 10.5. The summed E-state index contributed by atoms with van der Waals surface area (Å²) in [5.74, 6) is 0.821. The van der Waals surface area contributed by atoms with Crippen LogP contribution in [0.3, 0.4) is 0 Å². The molecule has 0 spiro atoms. The summed E-state index contributed by atoms with van der Waals surface area (Å²) in [4.78, 5) is 0. The number of nitrogens with one attached hydrogen (secondary N) is 1. The smallest absolute Gasteiger partial charge is 0.115 e. The van der Waals surface area contributed by atoms with Crippen molar-refractivity contribution < 1.29 is 0 Å². The summed E-state index contributed by atoms with van der Waals surface area (Å²) >= 11 is 0. The van der Waals surface area contributed by atoms with E-state index in [4.69, 9.17) is 5.10 Å². The molecule has 118 valence electrons. The van der Waals surface area contributed by atoms with E-state index in [9.17, 15) is 0 Å². The predicted octanol–water partition coefficient (Wildman–Crippen LogP) is 4.91. The predicted molar refractivity (Wildman–Crippen MR) is 93.1 cm³/mol. The zero-order valence-electron chi connectivity index (χ0n) is 14.0. The average Bonchev–Trinajstić information content (AvgIpc) is 3.15. The van der Waals surface area contributed by atoms with Crippen LogP contribution in [0.25, 0.3) is 11.3 Å². The normalized spacial score (nSPS) is 16.1. The van der Waals surface area contributed by atoms with Crippen LogP contribution in [0.4, 0.5) is 5.69 Å². The van der Waals surface area contributed by atoms with Crippen molar-refractivity contribution in [2.75, 3.05) is 11.9 Å².